The van der Waals surface area contributed by atoms with Gasteiger partial charge in [0.1, 0.15) is 5.82 Å². The molecule has 0 aliphatic carbocycles. The molecule has 3 heterocycles. The molecule has 18 heavy (non-hydrogen) atoms. The van der Waals surface area contributed by atoms with Crippen LogP contribution in [0.25, 0.3) is 16.8 Å². The van der Waals surface area contributed by atoms with E-state index in [2.05, 4.69) is 15.1 Å². The van der Waals surface area contributed by atoms with Crippen LogP contribution in [-0.2, 0) is 0 Å². The van der Waals surface area contributed by atoms with Crippen LogP contribution in [0.5, 0.6) is 0 Å². The van der Waals surface area contributed by atoms with Gasteiger partial charge in [-0.15, -0.1) is 0 Å². The Balaban J connectivity index is 2.27. The van der Waals surface area contributed by atoms with E-state index in [1.54, 1.807) is 12.4 Å². The minimum Gasteiger partial charge on any atom is -0.261 e. The van der Waals surface area contributed by atoms with Crippen LogP contribution in [0, 0.1) is 12.7 Å². The van der Waals surface area contributed by atoms with Crippen molar-refractivity contribution < 1.29 is 4.39 Å². The third-order valence-electron chi connectivity index (χ3n) is 2.66. The van der Waals surface area contributed by atoms with E-state index in [0.29, 0.717) is 11.3 Å². The average molecular weight is 263 g/mol. The third-order valence-corrected chi connectivity index (χ3v) is 2.91. The van der Waals surface area contributed by atoms with E-state index in [1.807, 2.05) is 13.0 Å². The molecule has 0 aliphatic rings. The van der Waals surface area contributed by atoms with Gasteiger partial charge in [0.15, 0.2) is 0 Å². The van der Waals surface area contributed by atoms with Crippen molar-refractivity contribution in [2.45, 2.75) is 6.92 Å². The molecule has 0 radical (unpaired) electrons. The van der Waals surface area contributed by atoms with Crippen molar-refractivity contribution in [3.63, 3.8) is 0 Å². The van der Waals surface area contributed by atoms with Crippen LogP contribution < -0.4 is 0 Å². The predicted molar refractivity (Wildman–Crippen MR) is 65.9 cm³/mol. The summed E-state index contributed by atoms with van der Waals surface area (Å²) in [5.74, 6) is -0.407. The lowest BCUT2D eigenvalue weighted by Gasteiger charge is -2.03. The molecule has 0 unspecified atom stereocenters. The summed E-state index contributed by atoms with van der Waals surface area (Å²) in [5.41, 5.74) is 2.97. The van der Waals surface area contributed by atoms with Crippen LogP contribution in [0.2, 0.25) is 5.28 Å². The van der Waals surface area contributed by atoms with Gasteiger partial charge in [0.05, 0.1) is 23.6 Å². The Bertz CT molecular complexity index is 738. The predicted octanol–water partition coefficient (Wildman–Crippen LogP) is 2.89. The quantitative estimate of drug-likeness (QED) is 0.634. The van der Waals surface area contributed by atoms with Crippen molar-refractivity contribution in [1.29, 1.82) is 0 Å². The summed E-state index contributed by atoms with van der Waals surface area (Å²) < 4.78 is 14.7. The summed E-state index contributed by atoms with van der Waals surface area (Å²) in [6.07, 6.45) is 4.40. The molecular weight excluding hydrogens is 255 g/mol. The normalized spacial score (nSPS) is 11.1. The summed E-state index contributed by atoms with van der Waals surface area (Å²) >= 11 is 6.04. The van der Waals surface area contributed by atoms with Crippen LogP contribution in [0.1, 0.15) is 5.56 Å². The van der Waals surface area contributed by atoms with Gasteiger partial charge in [0.25, 0.3) is 0 Å². The van der Waals surface area contributed by atoms with Gasteiger partial charge in [-0.25, -0.2) is 13.9 Å². The van der Waals surface area contributed by atoms with Crippen molar-refractivity contribution in [2.75, 3.05) is 0 Å². The van der Waals surface area contributed by atoms with Gasteiger partial charge in [-0.3, -0.25) is 4.98 Å². The number of fused-ring (bicyclic) bond motifs is 1. The molecule has 6 heteroatoms. The molecule has 0 bridgehead atoms. The zero-order valence-electron chi connectivity index (χ0n) is 9.43. The topological polar surface area (TPSA) is 43.1 Å². The fourth-order valence-electron chi connectivity index (χ4n) is 1.77. The number of hydrogen-bond donors (Lipinski definition) is 0. The lowest BCUT2D eigenvalue weighted by molar-refractivity contribution is 0.622. The zero-order valence-corrected chi connectivity index (χ0v) is 10.2. The lowest BCUT2D eigenvalue weighted by Crippen LogP contribution is -1.96. The summed E-state index contributed by atoms with van der Waals surface area (Å²) in [4.78, 5) is 7.99. The fourth-order valence-corrected chi connectivity index (χ4v) is 2.00. The van der Waals surface area contributed by atoms with Crippen molar-refractivity contribution in [3.05, 3.63) is 47.4 Å². The Labute approximate surface area is 107 Å². The minimum absolute atomic E-state index is 0.236. The van der Waals surface area contributed by atoms with Crippen LogP contribution in [0.15, 0.2) is 30.7 Å². The SMILES string of the molecule is Cc1cnn2c(Cl)nc(-c3cncc(F)c3)cc12. The maximum Gasteiger partial charge on any atom is 0.224 e. The first kappa shape index (κ1) is 11.1. The van der Waals surface area contributed by atoms with Gasteiger partial charge in [0.2, 0.25) is 5.28 Å². The molecular formula is C12H8ClFN4. The maximum atomic E-state index is 13.1. The Morgan fingerprint density at radius 3 is 2.83 bits per heavy atom. The highest BCUT2D eigenvalue weighted by molar-refractivity contribution is 6.28. The molecule has 0 amide bonds. The van der Waals surface area contributed by atoms with Crippen LogP contribution in [0.4, 0.5) is 4.39 Å². The van der Waals surface area contributed by atoms with Gasteiger partial charge in [-0.05, 0) is 36.2 Å². The maximum absolute atomic E-state index is 13.1. The summed E-state index contributed by atoms with van der Waals surface area (Å²) in [6, 6.07) is 3.18. The van der Waals surface area contributed by atoms with E-state index in [0.717, 1.165) is 17.3 Å². The van der Waals surface area contributed by atoms with Gasteiger partial charge in [-0.1, -0.05) is 0 Å². The van der Waals surface area contributed by atoms with Crippen molar-refractivity contribution in [1.82, 2.24) is 19.6 Å². The lowest BCUT2D eigenvalue weighted by atomic mass is 10.2. The Hall–Kier alpha value is -2.01. The van der Waals surface area contributed by atoms with Crippen molar-refractivity contribution >= 4 is 17.1 Å². The summed E-state index contributed by atoms with van der Waals surface area (Å²) in [5, 5.41) is 4.34. The van der Waals surface area contributed by atoms with Crippen LogP contribution in [0.3, 0.4) is 0 Å². The second-order valence-corrected chi connectivity index (χ2v) is 4.26. The average Bonchev–Trinajstić information content (AvgIpc) is 2.72. The van der Waals surface area contributed by atoms with E-state index in [9.17, 15) is 4.39 Å². The standard InChI is InChI=1S/C12H8ClFN4/c1-7-4-16-18-11(7)3-10(17-12(18)13)8-2-9(14)6-15-5-8/h2-6H,1H3. The number of pyridine rings is 1. The number of nitrogens with zero attached hydrogens (tertiary/aromatic N) is 4. The Morgan fingerprint density at radius 1 is 1.22 bits per heavy atom. The summed E-state index contributed by atoms with van der Waals surface area (Å²) in [6.45, 7) is 1.92. The van der Waals surface area contributed by atoms with E-state index in [4.69, 9.17) is 11.6 Å². The third kappa shape index (κ3) is 1.73. The second-order valence-electron chi connectivity index (χ2n) is 3.93. The fraction of sp³-hybridized carbons (Fsp3) is 0.0833. The zero-order chi connectivity index (χ0) is 12.7. The molecule has 3 rings (SSSR count). The van der Waals surface area contributed by atoms with Gasteiger partial charge in [-0.2, -0.15) is 5.10 Å². The molecule has 0 saturated carbocycles. The van der Waals surface area contributed by atoms with Gasteiger partial charge < -0.3 is 0 Å². The van der Waals surface area contributed by atoms with Crippen LogP contribution in [-0.4, -0.2) is 19.6 Å². The molecule has 0 aromatic carbocycles. The van der Waals surface area contributed by atoms with Gasteiger partial charge >= 0.3 is 0 Å². The number of aryl methyl sites for hydroxylation is 1. The molecule has 0 saturated heterocycles. The Kier molecular flexibility index (Phi) is 2.48. The van der Waals surface area contributed by atoms with E-state index >= 15 is 0 Å². The first-order valence-electron chi connectivity index (χ1n) is 5.27. The molecule has 0 fully saturated rings. The number of hydrogen-bond acceptors (Lipinski definition) is 3. The largest absolute Gasteiger partial charge is 0.261 e. The van der Waals surface area contributed by atoms with Crippen molar-refractivity contribution in [3.8, 4) is 11.3 Å². The number of aromatic nitrogens is 4. The molecule has 3 aromatic heterocycles. The highest BCUT2D eigenvalue weighted by Crippen LogP contribution is 2.23. The number of halogens is 2. The molecule has 90 valence electrons. The van der Waals surface area contributed by atoms with Crippen LogP contribution >= 0.6 is 11.6 Å². The van der Waals surface area contributed by atoms with Crippen molar-refractivity contribution in [2.24, 2.45) is 0 Å². The smallest absolute Gasteiger partial charge is 0.224 e. The summed E-state index contributed by atoms with van der Waals surface area (Å²) in [7, 11) is 0. The highest BCUT2D eigenvalue weighted by Gasteiger charge is 2.09. The van der Waals surface area contributed by atoms with E-state index < -0.39 is 5.82 Å². The monoisotopic (exact) mass is 262 g/mol. The van der Waals surface area contributed by atoms with E-state index in [1.165, 1.54) is 10.6 Å². The first-order chi connectivity index (χ1) is 8.65. The molecule has 0 N–H and O–H groups in total. The number of rotatable bonds is 1. The minimum atomic E-state index is -0.407. The first-order valence-corrected chi connectivity index (χ1v) is 5.65. The Morgan fingerprint density at radius 2 is 2.06 bits per heavy atom. The molecule has 3 aromatic rings. The molecule has 0 spiro atoms. The molecule has 4 nitrogen and oxygen atoms in total. The van der Waals surface area contributed by atoms with E-state index in [-0.39, 0.29) is 5.28 Å². The molecule has 0 aliphatic heterocycles. The van der Waals surface area contributed by atoms with Gasteiger partial charge in [0, 0.05) is 11.8 Å². The highest BCUT2D eigenvalue weighted by atomic mass is 35.5. The second kappa shape index (κ2) is 4.03. The molecule has 0 atom stereocenters.